The van der Waals surface area contributed by atoms with Crippen molar-refractivity contribution in [2.24, 2.45) is 0 Å². The molecule has 6 nitrogen and oxygen atoms in total. The highest BCUT2D eigenvalue weighted by Gasteiger charge is 2.23. The Bertz CT molecular complexity index is 787. The second kappa shape index (κ2) is 6.94. The Morgan fingerprint density at radius 2 is 2.21 bits per heavy atom. The van der Waals surface area contributed by atoms with Crippen molar-refractivity contribution in [3.63, 3.8) is 0 Å². The number of likely N-dealkylation sites (tertiary alicyclic amines) is 1. The fraction of sp³-hybridized carbons (Fsp3) is 0.471. The van der Waals surface area contributed by atoms with E-state index >= 15 is 0 Å². The van der Waals surface area contributed by atoms with E-state index in [4.69, 9.17) is 4.74 Å². The third kappa shape index (κ3) is 3.79. The van der Waals surface area contributed by atoms with Crippen LogP contribution in [-0.2, 0) is 16.4 Å². The van der Waals surface area contributed by atoms with Gasteiger partial charge in [-0.3, -0.25) is 10.00 Å². The normalized spacial score (nSPS) is 19.3. The van der Waals surface area contributed by atoms with Gasteiger partial charge >= 0.3 is 0 Å². The van der Waals surface area contributed by atoms with Crippen LogP contribution in [0.4, 0.5) is 0 Å². The Morgan fingerprint density at radius 3 is 2.88 bits per heavy atom. The van der Waals surface area contributed by atoms with Crippen LogP contribution in [0.3, 0.4) is 0 Å². The van der Waals surface area contributed by atoms with Gasteiger partial charge in [0.05, 0.1) is 7.11 Å². The lowest BCUT2D eigenvalue weighted by Gasteiger charge is -2.32. The number of hydrogen-bond donors (Lipinski definition) is 1. The van der Waals surface area contributed by atoms with E-state index in [0.29, 0.717) is 11.7 Å². The third-order valence-electron chi connectivity index (χ3n) is 4.50. The average Bonchev–Trinajstić information content (AvgIpc) is 3.08. The van der Waals surface area contributed by atoms with Crippen molar-refractivity contribution in [3.8, 4) is 5.75 Å². The van der Waals surface area contributed by atoms with Crippen LogP contribution in [0.15, 0.2) is 35.4 Å². The van der Waals surface area contributed by atoms with Crippen LogP contribution in [0, 0.1) is 0 Å². The number of hydrogen-bond acceptors (Lipinski definition) is 5. The van der Waals surface area contributed by atoms with Gasteiger partial charge in [-0.25, -0.2) is 8.42 Å². The highest BCUT2D eigenvalue weighted by molar-refractivity contribution is 7.90. The second-order valence-electron chi connectivity index (χ2n) is 6.34. The van der Waals surface area contributed by atoms with Gasteiger partial charge in [0.1, 0.15) is 10.6 Å². The molecule has 1 atom stereocenters. The molecule has 0 unspecified atom stereocenters. The van der Waals surface area contributed by atoms with E-state index in [9.17, 15) is 8.42 Å². The zero-order chi connectivity index (χ0) is 17.2. The molecule has 3 rings (SSSR count). The zero-order valence-corrected chi connectivity index (χ0v) is 14.8. The molecule has 0 amide bonds. The lowest BCUT2D eigenvalue weighted by Crippen LogP contribution is -2.34. The molecule has 1 aromatic heterocycles. The first kappa shape index (κ1) is 17.0. The molecule has 1 aromatic carbocycles. The number of ether oxygens (including phenoxy) is 1. The van der Waals surface area contributed by atoms with E-state index in [2.05, 4.69) is 15.1 Å². The van der Waals surface area contributed by atoms with Crippen molar-refractivity contribution in [2.45, 2.75) is 30.2 Å². The standard InChI is InChI=1S/C17H23N3O3S/c1-23-16-10-13(5-6-17(16)24(2,21)22)11-20-9-3-4-14(12-20)15-7-8-18-19-15/h5-8,10,14H,3-4,9,11-12H2,1-2H3,(H,18,19)/t14-/m0/s1. The predicted octanol–water partition coefficient (Wildman–Crippen LogP) is 2.20. The van der Waals surface area contributed by atoms with E-state index in [1.54, 1.807) is 12.3 Å². The Balaban J connectivity index is 1.74. The van der Waals surface area contributed by atoms with Crippen LogP contribution in [0.2, 0.25) is 0 Å². The summed E-state index contributed by atoms with van der Waals surface area (Å²) in [6.07, 6.45) is 5.30. The minimum atomic E-state index is -3.28. The Labute approximate surface area is 142 Å². The van der Waals surface area contributed by atoms with E-state index in [1.807, 2.05) is 18.2 Å². The molecule has 2 aromatic rings. The van der Waals surface area contributed by atoms with Crippen LogP contribution in [-0.4, -0.2) is 50.0 Å². The maximum Gasteiger partial charge on any atom is 0.179 e. The van der Waals surface area contributed by atoms with Crippen LogP contribution in [0.5, 0.6) is 5.75 Å². The number of rotatable bonds is 5. The molecule has 2 heterocycles. The molecule has 1 fully saturated rings. The number of piperidine rings is 1. The molecule has 0 spiro atoms. The number of H-pyrrole nitrogens is 1. The monoisotopic (exact) mass is 349 g/mol. The maximum atomic E-state index is 11.8. The highest BCUT2D eigenvalue weighted by Crippen LogP contribution is 2.28. The molecular formula is C17H23N3O3S. The summed E-state index contributed by atoms with van der Waals surface area (Å²) >= 11 is 0. The van der Waals surface area contributed by atoms with Gasteiger partial charge in [-0.2, -0.15) is 5.10 Å². The quantitative estimate of drug-likeness (QED) is 0.896. The van der Waals surface area contributed by atoms with E-state index in [-0.39, 0.29) is 4.90 Å². The summed E-state index contributed by atoms with van der Waals surface area (Å²) in [5.41, 5.74) is 2.24. The van der Waals surface area contributed by atoms with E-state index in [1.165, 1.54) is 19.1 Å². The lowest BCUT2D eigenvalue weighted by atomic mass is 9.94. The number of aromatic nitrogens is 2. The summed E-state index contributed by atoms with van der Waals surface area (Å²) in [4.78, 5) is 2.63. The van der Waals surface area contributed by atoms with Gasteiger partial charge in [-0.1, -0.05) is 6.07 Å². The number of benzene rings is 1. The molecule has 0 bridgehead atoms. The fourth-order valence-electron chi connectivity index (χ4n) is 3.32. The molecule has 1 N–H and O–H groups in total. The van der Waals surface area contributed by atoms with Crippen LogP contribution < -0.4 is 4.74 Å². The number of aromatic amines is 1. The van der Waals surface area contributed by atoms with Gasteiger partial charge in [0.15, 0.2) is 9.84 Å². The molecule has 7 heteroatoms. The first-order valence-corrected chi connectivity index (χ1v) is 9.95. The molecule has 1 saturated heterocycles. The van der Waals surface area contributed by atoms with Gasteiger partial charge < -0.3 is 4.74 Å². The van der Waals surface area contributed by atoms with Crippen LogP contribution >= 0.6 is 0 Å². The van der Waals surface area contributed by atoms with Crippen molar-refractivity contribution in [1.29, 1.82) is 0 Å². The Hall–Kier alpha value is -1.86. The molecular weight excluding hydrogens is 326 g/mol. The molecule has 1 aliphatic heterocycles. The van der Waals surface area contributed by atoms with Crippen molar-refractivity contribution >= 4 is 9.84 Å². The SMILES string of the molecule is COc1cc(CN2CCC[C@H](c3ccn[nH]3)C2)ccc1S(C)(=O)=O. The summed E-state index contributed by atoms with van der Waals surface area (Å²) in [5.74, 6) is 0.885. The predicted molar refractivity (Wildman–Crippen MR) is 91.9 cm³/mol. The summed E-state index contributed by atoms with van der Waals surface area (Å²) < 4.78 is 28.8. The smallest absolute Gasteiger partial charge is 0.179 e. The van der Waals surface area contributed by atoms with Gasteiger partial charge in [0.25, 0.3) is 0 Å². The molecule has 0 aliphatic carbocycles. The fourth-order valence-corrected chi connectivity index (χ4v) is 4.14. The minimum Gasteiger partial charge on any atom is -0.495 e. The summed E-state index contributed by atoms with van der Waals surface area (Å²) in [7, 11) is -1.78. The van der Waals surface area contributed by atoms with Gasteiger partial charge in [0, 0.05) is 37.2 Å². The molecule has 0 saturated carbocycles. The Morgan fingerprint density at radius 1 is 1.38 bits per heavy atom. The van der Waals surface area contributed by atoms with E-state index in [0.717, 1.165) is 38.0 Å². The topological polar surface area (TPSA) is 75.3 Å². The first-order valence-electron chi connectivity index (χ1n) is 8.06. The molecule has 1 aliphatic rings. The zero-order valence-electron chi connectivity index (χ0n) is 14.0. The number of nitrogens with one attached hydrogen (secondary N) is 1. The lowest BCUT2D eigenvalue weighted by molar-refractivity contribution is 0.198. The van der Waals surface area contributed by atoms with Crippen molar-refractivity contribution in [1.82, 2.24) is 15.1 Å². The summed E-state index contributed by atoms with van der Waals surface area (Å²) in [6, 6.07) is 7.38. The summed E-state index contributed by atoms with van der Waals surface area (Å²) in [5, 5.41) is 7.12. The first-order chi connectivity index (χ1) is 11.5. The highest BCUT2D eigenvalue weighted by atomic mass is 32.2. The van der Waals surface area contributed by atoms with Crippen molar-refractivity contribution in [3.05, 3.63) is 41.7 Å². The minimum absolute atomic E-state index is 0.239. The third-order valence-corrected chi connectivity index (χ3v) is 5.64. The average molecular weight is 349 g/mol. The number of nitrogens with zero attached hydrogens (tertiary/aromatic N) is 2. The molecule has 130 valence electrons. The molecule has 0 radical (unpaired) electrons. The largest absolute Gasteiger partial charge is 0.495 e. The molecule has 24 heavy (non-hydrogen) atoms. The van der Waals surface area contributed by atoms with Gasteiger partial charge in [-0.15, -0.1) is 0 Å². The number of methoxy groups -OCH3 is 1. The van der Waals surface area contributed by atoms with Crippen molar-refractivity contribution < 1.29 is 13.2 Å². The Kier molecular flexibility index (Phi) is 4.91. The van der Waals surface area contributed by atoms with Crippen LogP contribution in [0.25, 0.3) is 0 Å². The van der Waals surface area contributed by atoms with Gasteiger partial charge in [0.2, 0.25) is 0 Å². The van der Waals surface area contributed by atoms with Gasteiger partial charge in [-0.05, 0) is 43.1 Å². The van der Waals surface area contributed by atoms with Crippen LogP contribution in [0.1, 0.15) is 30.0 Å². The summed E-state index contributed by atoms with van der Waals surface area (Å²) in [6.45, 7) is 2.80. The van der Waals surface area contributed by atoms with Crippen molar-refractivity contribution in [2.75, 3.05) is 26.5 Å². The second-order valence-corrected chi connectivity index (χ2v) is 8.33. The number of sulfone groups is 1. The maximum absolute atomic E-state index is 11.8. The van der Waals surface area contributed by atoms with E-state index < -0.39 is 9.84 Å².